The number of methoxy groups -OCH3 is 1. The van der Waals surface area contributed by atoms with Gasteiger partial charge in [-0.15, -0.1) is 0 Å². The molecule has 98 valence electrons. The molecule has 6 nitrogen and oxygen atoms in total. The number of esters is 1. The van der Waals surface area contributed by atoms with Crippen LogP contribution in [0, 0.1) is 10.1 Å². The normalized spacial score (nSPS) is 9.94. The third kappa shape index (κ3) is 2.77. The first kappa shape index (κ1) is 14.0. The van der Waals surface area contributed by atoms with E-state index in [9.17, 15) is 14.9 Å². The number of carbonyl (C=O) groups excluding carboxylic acids is 1. The molecule has 1 aromatic rings. The third-order valence-corrected chi connectivity index (χ3v) is 2.70. The van der Waals surface area contributed by atoms with Gasteiger partial charge in [-0.05, 0) is 26.0 Å². The fourth-order valence-electron chi connectivity index (χ4n) is 1.74. The summed E-state index contributed by atoms with van der Waals surface area (Å²) in [7, 11) is 1.28. The first-order valence-corrected chi connectivity index (χ1v) is 5.66. The van der Waals surface area contributed by atoms with E-state index in [1.165, 1.54) is 25.3 Å². The van der Waals surface area contributed by atoms with Crippen LogP contribution in [0.5, 0.6) is 0 Å². The van der Waals surface area contributed by atoms with E-state index in [1.807, 2.05) is 18.7 Å². The highest BCUT2D eigenvalue weighted by molar-refractivity contribution is 5.91. The molecule has 18 heavy (non-hydrogen) atoms. The number of nitrogens with zero attached hydrogens (tertiary/aromatic N) is 2. The summed E-state index contributed by atoms with van der Waals surface area (Å²) in [5.74, 6) is -0.502. The van der Waals surface area contributed by atoms with Gasteiger partial charge in [-0.1, -0.05) is 0 Å². The summed E-state index contributed by atoms with van der Waals surface area (Å²) in [5, 5.41) is 11.0. The highest BCUT2D eigenvalue weighted by atomic mass is 16.6. The van der Waals surface area contributed by atoms with Crippen LogP contribution in [0.4, 0.5) is 11.4 Å². The van der Waals surface area contributed by atoms with Crippen LogP contribution in [-0.4, -0.2) is 31.1 Å². The summed E-state index contributed by atoms with van der Waals surface area (Å²) >= 11 is 0. The number of benzene rings is 1. The second-order valence-corrected chi connectivity index (χ2v) is 3.62. The van der Waals surface area contributed by atoms with Crippen molar-refractivity contribution in [3.8, 4) is 0 Å². The van der Waals surface area contributed by atoms with Crippen LogP contribution in [0.25, 0.3) is 0 Å². The van der Waals surface area contributed by atoms with Crippen molar-refractivity contribution in [2.75, 3.05) is 25.1 Å². The summed E-state index contributed by atoms with van der Waals surface area (Å²) in [6.07, 6.45) is 0. The molecule has 0 aliphatic heterocycles. The molecule has 0 unspecified atom stereocenters. The number of nitro groups is 1. The number of hydrogen-bond acceptors (Lipinski definition) is 5. The first-order valence-electron chi connectivity index (χ1n) is 5.66. The van der Waals surface area contributed by atoms with E-state index < -0.39 is 10.9 Å². The van der Waals surface area contributed by atoms with Gasteiger partial charge in [-0.2, -0.15) is 0 Å². The minimum absolute atomic E-state index is 0.00801. The molecule has 0 heterocycles. The second kappa shape index (κ2) is 6.00. The van der Waals surface area contributed by atoms with Crippen molar-refractivity contribution >= 4 is 17.3 Å². The van der Waals surface area contributed by atoms with Crippen LogP contribution < -0.4 is 4.90 Å². The molecular weight excluding hydrogens is 236 g/mol. The fraction of sp³-hybridized carbons (Fsp3) is 0.417. The summed E-state index contributed by atoms with van der Waals surface area (Å²) in [6.45, 7) is 5.06. The maximum Gasteiger partial charge on any atom is 0.337 e. The summed E-state index contributed by atoms with van der Waals surface area (Å²) in [4.78, 5) is 23.8. The molecule has 0 saturated heterocycles. The fourth-order valence-corrected chi connectivity index (χ4v) is 1.74. The monoisotopic (exact) mass is 252 g/mol. The maximum absolute atomic E-state index is 11.4. The van der Waals surface area contributed by atoms with E-state index in [4.69, 9.17) is 0 Å². The van der Waals surface area contributed by atoms with E-state index in [0.717, 1.165) is 0 Å². The van der Waals surface area contributed by atoms with Gasteiger partial charge in [0.1, 0.15) is 5.69 Å². The highest BCUT2D eigenvalue weighted by Crippen LogP contribution is 2.29. The Morgan fingerprint density at radius 2 is 2.00 bits per heavy atom. The number of carbonyl (C=O) groups is 1. The van der Waals surface area contributed by atoms with Gasteiger partial charge in [0.25, 0.3) is 5.69 Å². The number of nitro benzene ring substituents is 1. The van der Waals surface area contributed by atoms with Crippen LogP contribution in [0.1, 0.15) is 24.2 Å². The number of ether oxygens (including phenoxy) is 1. The Bertz CT molecular complexity index is 455. The van der Waals surface area contributed by atoms with Crippen molar-refractivity contribution in [2.24, 2.45) is 0 Å². The Balaban J connectivity index is 3.31. The van der Waals surface area contributed by atoms with Crippen molar-refractivity contribution in [1.29, 1.82) is 0 Å². The molecule has 0 atom stereocenters. The standard InChI is InChI=1S/C12H16N2O4/c1-4-13(5-2)11-8-9(12(15)18-3)6-7-10(11)14(16)17/h6-8H,4-5H2,1-3H3. The lowest BCUT2D eigenvalue weighted by atomic mass is 10.1. The summed E-state index contributed by atoms with van der Waals surface area (Å²) in [6, 6.07) is 4.23. The van der Waals surface area contributed by atoms with Gasteiger partial charge in [0.05, 0.1) is 17.6 Å². The molecule has 0 aliphatic carbocycles. The SMILES string of the molecule is CCN(CC)c1cc(C(=O)OC)ccc1[N+](=O)[O-]. The third-order valence-electron chi connectivity index (χ3n) is 2.70. The van der Waals surface area contributed by atoms with E-state index in [-0.39, 0.29) is 5.69 Å². The lowest BCUT2D eigenvalue weighted by molar-refractivity contribution is -0.384. The molecule has 0 fully saturated rings. The second-order valence-electron chi connectivity index (χ2n) is 3.62. The molecule has 0 aliphatic rings. The molecule has 1 rings (SSSR count). The number of rotatable bonds is 5. The lowest BCUT2D eigenvalue weighted by Gasteiger charge is -2.21. The minimum atomic E-state index is -0.502. The quantitative estimate of drug-likeness (QED) is 0.456. The molecular formula is C12H16N2O4. The maximum atomic E-state index is 11.4. The van der Waals surface area contributed by atoms with E-state index >= 15 is 0 Å². The summed E-state index contributed by atoms with van der Waals surface area (Å²) < 4.78 is 4.61. The Kier molecular flexibility index (Phi) is 4.65. The molecule has 6 heteroatoms. The molecule has 0 N–H and O–H groups in total. The zero-order valence-corrected chi connectivity index (χ0v) is 10.7. The van der Waals surface area contributed by atoms with Gasteiger partial charge in [0.15, 0.2) is 0 Å². The molecule has 0 amide bonds. The smallest absolute Gasteiger partial charge is 0.337 e. The lowest BCUT2D eigenvalue weighted by Crippen LogP contribution is -2.23. The van der Waals surface area contributed by atoms with Crippen molar-refractivity contribution in [1.82, 2.24) is 0 Å². The zero-order chi connectivity index (χ0) is 13.7. The van der Waals surface area contributed by atoms with Gasteiger partial charge in [0.2, 0.25) is 0 Å². The zero-order valence-electron chi connectivity index (χ0n) is 10.7. The average Bonchev–Trinajstić information content (AvgIpc) is 2.38. The van der Waals surface area contributed by atoms with E-state index in [0.29, 0.717) is 24.3 Å². The van der Waals surface area contributed by atoms with E-state index in [2.05, 4.69) is 4.74 Å². The predicted molar refractivity (Wildman–Crippen MR) is 68.0 cm³/mol. The van der Waals surface area contributed by atoms with Crippen molar-refractivity contribution in [3.63, 3.8) is 0 Å². The van der Waals surface area contributed by atoms with Gasteiger partial charge in [0, 0.05) is 19.2 Å². The molecule has 0 aromatic heterocycles. The number of hydrogen-bond donors (Lipinski definition) is 0. The Hall–Kier alpha value is -2.11. The van der Waals surface area contributed by atoms with Crippen LogP contribution in [0.15, 0.2) is 18.2 Å². The molecule has 0 spiro atoms. The average molecular weight is 252 g/mol. The predicted octanol–water partition coefficient (Wildman–Crippen LogP) is 2.23. The van der Waals surface area contributed by atoms with Crippen LogP contribution in [-0.2, 0) is 4.74 Å². The summed E-state index contributed by atoms with van der Waals surface area (Å²) in [5.41, 5.74) is 0.740. The van der Waals surface area contributed by atoms with Gasteiger partial charge < -0.3 is 9.64 Å². The molecule has 0 saturated carbocycles. The topological polar surface area (TPSA) is 72.7 Å². The van der Waals surface area contributed by atoms with Gasteiger partial charge >= 0.3 is 5.97 Å². The Morgan fingerprint density at radius 3 is 2.44 bits per heavy atom. The molecule has 0 radical (unpaired) electrons. The number of anilines is 1. The van der Waals surface area contributed by atoms with Crippen molar-refractivity contribution in [2.45, 2.75) is 13.8 Å². The van der Waals surface area contributed by atoms with Gasteiger partial charge in [-0.3, -0.25) is 10.1 Å². The Labute approximate surface area is 105 Å². The largest absolute Gasteiger partial charge is 0.465 e. The van der Waals surface area contributed by atoms with Crippen molar-refractivity contribution < 1.29 is 14.5 Å². The van der Waals surface area contributed by atoms with Gasteiger partial charge in [-0.25, -0.2) is 4.79 Å². The van der Waals surface area contributed by atoms with E-state index in [1.54, 1.807) is 0 Å². The first-order chi connectivity index (χ1) is 8.54. The highest BCUT2D eigenvalue weighted by Gasteiger charge is 2.20. The molecule has 1 aromatic carbocycles. The van der Waals surface area contributed by atoms with Crippen LogP contribution >= 0.6 is 0 Å². The Morgan fingerprint density at radius 1 is 1.39 bits per heavy atom. The molecule has 0 bridgehead atoms. The van der Waals surface area contributed by atoms with Crippen molar-refractivity contribution in [3.05, 3.63) is 33.9 Å². The minimum Gasteiger partial charge on any atom is -0.465 e. The van der Waals surface area contributed by atoms with Crippen LogP contribution in [0.2, 0.25) is 0 Å². The van der Waals surface area contributed by atoms with Crippen LogP contribution in [0.3, 0.4) is 0 Å².